The van der Waals surface area contributed by atoms with E-state index >= 15 is 0 Å². The van der Waals surface area contributed by atoms with Crippen molar-refractivity contribution in [3.05, 3.63) is 71.2 Å². The van der Waals surface area contributed by atoms with E-state index in [1.807, 2.05) is 49.1 Å². The number of aliphatic imine (C=N–C) groups is 1. The van der Waals surface area contributed by atoms with Crippen molar-refractivity contribution in [3.8, 4) is 0 Å². The molecule has 33 heavy (non-hydrogen) atoms. The monoisotopic (exact) mass is 444 g/mol. The summed E-state index contributed by atoms with van der Waals surface area (Å²) in [6.07, 6.45) is 3.80. The molecule has 2 aliphatic heterocycles. The summed E-state index contributed by atoms with van der Waals surface area (Å²) in [6.45, 7) is 5.54. The lowest BCUT2D eigenvalue weighted by Crippen LogP contribution is -2.62. The van der Waals surface area contributed by atoms with Crippen molar-refractivity contribution in [3.63, 3.8) is 0 Å². The summed E-state index contributed by atoms with van der Waals surface area (Å²) in [5, 5.41) is 11.1. The molecular weight excluding hydrogens is 416 g/mol. The number of nitrogens with one attached hydrogen (secondary N) is 2. The number of benzene rings is 1. The van der Waals surface area contributed by atoms with Crippen LogP contribution in [-0.4, -0.2) is 45.4 Å². The van der Waals surface area contributed by atoms with Crippen molar-refractivity contribution in [2.45, 2.75) is 45.2 Å². The number of fused-ring (bicyclic) bond motifs is 1. The van der Waals surface area contributed by atoms with Crippen molar-refractivity contribution in [1.82, 2.24) is 15.0 Å². The lowest BCUT2D eigenvalue weighted by molar-refractivity contribution is -0.131. The maximum absolute atomic E-state index is 13.3. The van der Waals surface area contributed by atoms with Gasteiger partial charge in [0.05, 0.1) is 30.9 Å². The molecule has 0 aliphatic carbocycles. The Bertz CT molecular complexity index is 1170. The number of anilines is 2. The third-order valence-electron chi connectivity index (χ3n) is 6.49. The summed E-state index contributed by atoms with van der Waals surface area (Å²) in [4.78, 5) is 24.7. The SMILES string of the molecule is Cc1noc(C)c1CC(=O)N1CCCC2(C1)Nc1cccnc1NC2=NCc1ccccc1. The molecule has 1 spiro atoms. The fraction of sp³-hybridized carbons (Fsp3) is 0.360. The molecular formula is C25H28N6O2. The first-order chi connectivity index (χ1) is 16.0. The van der Waals surface area contributed by atoms with Crippen LogP contribution in [0.2, 0.25) is 0 Å². The van der Waals surface area contributed by atoms with Crippen LogP contribution in [0.1, 0.15) is 35.4 Å². The van der Waals surface area contributed by atoms with E-state index in [2.05, 4.69) is 32.9 Å². The van der Waals surface area contributed by atoms with Crippen LogP contribution >= 0.6 is 0 Å². The molecule has 1 unspecified atom stereocenters. The smallest absolute Gasteiger partial charge is 0.227 e. The number of hydrogen-bond donors (Lipinski definition) is 2. The summed E-state index contributed by atoms with van der Waals surface area (Å²) in [5.74, 6) is 2.36. The summed E-state index contributed by atoms with van der Waals surface area (Å²) in [6, 6.07) is 14.1. The number of rotatable bonds is 4. The zero-order chi connectivity index (χ0) is 22.8. The number of piperidine rings is 1. The fourth-order valence-electron chi connectivity index (χ4n) is 4.68. The molecule has 170 valence electrons. The number of amides is 1. The number of hydrogen-bond acceptors (Lipinski definition) is 6. The van der Waals surface area contributed by atoms with Gasteiger partial charge in [-0.25, -0.2) is 4.98 Å². The van der Waals surface area contributed by atoms with E-state index in [-0.39, 0.29) is 5.91 Å². The predicted molar refractivity (Wildman–Crippen MR) is 127 cm³/mol. The Morgan fingerprint density at radius 2 is 2.06 bits per heavy atom. The minimum Gasteiger partial charge on any atom is -0.368 e. The molecule has 2 aliphatic rings. The topological polar surface area (TPSA) is 95.7 Å². The number of carbonyl (C=O) groups is 1. The minimum absolute atomic E-state index is 0.0738. The van der Waals surface area contributed by atoms with Gasteiger partial charge in [0.1, 0.15) is 17.1 Å². The van der Waals surface area contributed by atoms with Crippen LogP contribution in [0, 0.1) is 13.8 Å². The van der Waals surface area contributed by atoms with Gasteiger partial charge in [0.25, 0.3) is 0 Å². The average molecular weight is 445 g/mol. The number of amidine groups is 1. The van der Waals surface area contributed by atoms with E-state index < -0.39 is 5.54 Å². The largest absolute Gasteiger partial charge is 0.368 e. The Morgan fingerprint density at radius 3 is 2.85 bits per heavy atom. The van der Waals surface area contributed by atoms with Gasteiger partial charge >= 0.3 is 0 Å². The average Bonchev–Trinajstić information content (AvgIpc) is 3.15. The maximum Gasteiger partial charge on any atom is 0.227 e. The van der Waals surface area contributed by atoms with Gasteiger partial charge in [0.15, 0.2) is 5.82 Å². The highest BCUT2D eigenvalue weighted by molar-refractivity contribution is 6.09. The third-order valence-corrected chi connectivity index (χ3v) is 6.49. The van der Waals surface area contributed by atoms with Gasteiger partial charge in [0.2, 0.25) is 5.91 Å². The van der Waals surface area contributed by atoms with Crippen LogP contribution in [0.5, 0.6) is 0 Å². The van der Waals surface area contributed by atoms with Gasteiger partial charge in [-0.1, -0.05) is 35.5 Å². The van der Waals surface area contributed by atoms with Gasteiger partial charge in [-0.15, -0.1) is 0 Å². The maximum atomic E-state index is 13.3. The molecule has 0 saturated carbocycles. The third kappa shape index (κ3) is 4.20. The molecule has 1 atom stereocenters. The molecule has 2 aromatic heterocycles. The second-order valence-electron chi connectivity index (χ2n) is 8.78. The lowest BCUT2D eigenvalue weighted by atomic mass is 9.85. The molecule has 4 heterocycles. The van der Waals surface area contributed by atoms with E-state index in [0.717, 1.165) is 53.5 Å². The molecule has 1 fully saturated rings. The van der Waals surface area contributed by atoms with Crippen LogP contribution in [-0.2, 0) is 17.8 Å². The first kappa shape index (κ1) is 21.2. The number of aryl methyl sites for hydroxylation is 2. The van der Waals surface area contributed by atoms with Crippen LogP contribution in [0.25, 0.3) is 0 Å². The number of likely N-dealkylation sites (tertiary alicyclic amines) is 1. The number of aromatic nitrogens is 2. The molecule has 3 aromatic rings. The Hall–Kier alpha value is -3.68. The van der Waals surface area contributed by atoms with E-state index in [4.69, 9.17) is 9.52 Å². The number of carbonyl (C=O) groups excluding carboxylic acids is 1. The highest BCUT2D eigenvalue weighted by atomic mass is 16.5. The van der Waals surface area contributed by atoms with Gasteiger partial charge in [-0.05, 0) is 44.4 Å². The van der Waals surface area contributed by atoms with Crippen molar-refractivity contribution in [1.29, 1.82) is 0 Å². The van der Waals surface area contributed by atoms with Crippen molar-refractivity contribution in [2.75, 3.05) is 23.7 Å². The molecule has 2 N–H and O–H groups in total. The lowest BCUT2D eigenvalue weighted by Gasteiger charge is -2.47. The van der Waals surface area contributed by atoms with Crippen molar-refractivity contribution >= 4 is 23.2 Å². The fourth-order valence-corrected chi connectivity index (χ4v) is 4.68. The first-order valence-corrected chi connectivity index (χ1v) is 11.3. The van der Waals surface area contributed by atoms with E-state index in [0.29, 0.717) is 25.3 Å². The Balaban J connectivity index is 1.43. The standard InChI is InChI=1S/C25H28N6O2/c1-17-20(18(2)33-30-17)14-22(32)31-13-7-11-25(16-31)24(27-15-19-8-4-3-5-9-19)28-23-21(29-25)10-6-12-26-23/h3-6,8-10,12,29H,7,11,13-16H2,1-2H3,(H,26,27,28). The minimum atomic E-state index is -0.489. The Morgan fingerprint density at radius 1 is 1.21 bits per heavy atom. The molecule has 1 saturated heterocycles. The second kappa shape index (κ2) is 8.69. The van der Waals surface area contributed by atoms with Crippen molar-refractivity contribution in [2.24, 2.45) is 4.99 Å². The number of pyridine rings is 1. The van der Waals surface area contributed by atoms with Gasteiger partial charge in [-0.2, -0.15) is 0 Å². The summed E-state index contributed by atoms with van der Waals surface area (Å²) in [7, 11) is 0. The molecule has 1 aromatic carbocycles. The molecule has 1 amide bonds. The Labute approximate surface area is 193 Å². The molecule has 0 radical (unpaired) electrons. The normalized spacial score (nSPS) is 20.9. The van der Waals surface area contributed by atoms with Crippen LogP contribution < -0.4 is 10.6 Å². The van der Waals surface area contributed by atoms with Crippen molar-refractivity contribution < 1.29 is 9.32 Å². The predicted octanol–water partition coefficient (Wildman–Crippen LogP) is 3.73. The zero-order valence-electron chi connectivity index (χ0n) is 19.0. The van der Waals surface area contributed by atoms with E-state index in [1.165, 1.54) is 0 Å². The van der Waals surface area contributed by atoms with Gasteiger partial charge < -0.3 is 20.1 Å². The quantitative estimate of drug-likeness (QED) is 0.637. The van der Waals surface area contributed by atoms with E-state index in [9.17, 15) is 4.79 Å². The molecule has 5 rings (SSSR count). The molecule has 8 nitrogen and oxygen atoms in total. The van der Waals surface area contributed by atoms with Gasteiger partial charge in [0, 0.05) is 18.3 Å². The Kier molecular flexibility index (Phi) is 5.58. The second-order valence-corrected chi connectivity index (χ2v) is 8.78. The highest BCUT2D eigenvalue weighted by Gasteiger charge is 2.44. The van der Waals surface area contributed by atoms with E-state index in [1.54, 1.807) is 6.20 Å². The summed E-state index contributed by atoms with van der Waals surface area (Å²) in [5.41, 5.74) is 3.22. The molecule has 0 bridgehead atoms. The van der Waals surface area contributed by atoms with Gasteiger partial charge in [-0.3, -0.25) is 9.79 Å². The van der Waals surface area contributed by atoms with Crippen LogP contribution in [0.15, 0.2) is 58.2 Å². The molecule has 8 heteroatoms. The summed E-state index contributed by atoms with van der Waals surface area (Å²) < 4.78 is 5.25. The van der Waals surface area contributed by atoms with Crippen LogP contribution in [0.3, 0.4) is 0 Å². The summed E-state index contributed by atoms with van der Waals surface area (Å²) >= 11 is 0. The highest BCUT2D eigenvalue weighted by Crippen LogP contribution is 2.35. The number of nitrogens with zero attached hydrogens (tertiary/aromatic N) is 4. The van der Waals surface area contributed by atoms with Crippen LogP contribution in [0.4, 0.5) is 11.5 Å². The zero-order valence-corrected chi connectivity index (χ0v) is 19.0. The first-order valence-electron chi connectivity index (χ1n) is 11.3.